The number of carbonyl (C=O) groups is 1. The number of hydrogen-bond donors (Lipinski definition) is 1. The molecule has 0 aliphatic rings. The maximum Gasteiger partial charge on any atom is 0.307 e. The summed E-state index contributed by atoms with van der Waals surface area (Å²) in [5.41, 5.74) is 5.87. The van der Waals surface area contributed by atoms with Crippen LogP contribution in [0.15, 0.2) is 0 Å². The van der Waals surface area contributed by atoms with Gasteiger partial charge < -0.3 is 10.5 Å². The molecule has 0 heterocycles. The standard InChI is InChI=1S/C10H21NO2/c1-4-8(5-2)9(11)7-10(12)13-6-3/h8-9H,4-7,11H2,1-3H3. The minimum absolute atomic E-state index is 0.0472. The van der Waals surface area contributed by atoms with Crippen LogP contribution in [-0.4, -0.2) is 18.6 Å². The van der Waals surface area contributed by atoms with Crippen LogP contribution in [0.5, 0.6) is 0 Å². The van der Waals surface area contributed by atoms with Crippen LogP contribution in [0.2, 0.25) is 0 Å². The van der Waals surface area contributed by atoms with Gasteiger partial charge in [-0.25, -0.2) is 0 Å². The fraction of sp³-hybridized carbons (Fsp3) is 0.900. The second kappa shape index (κ2) is 6.89. The van der Waals surface area contributed by atoms with Gasteiger partial charge in [0.25, 0.3) is 0 Å². The van der Waals surface area contributed by atoms with Gasteiger partial charge in [-0.2, -0.15) is 0 Å². The first kappa shape index (κ1) is 12.4. The molecule has 2 N–H and O–H groups in total. The summed E-state index contributed by atoms with van der Waals surface area (Å²) >= 11 is 0. The minimum atomic E-state index is -0.179. The van der Waals surface area contributed by atoms with Crippen molar-refractivity contribution in [2.24, 2.45) is 11.7 Å². The summed E-state index contributed by atoms with van der Waals surface area (Å²) in [5, 5.41) is 0. The van der Waals surface area contributed by atoms with E-state index in [1.54, 1.807) is 6.92 Å². The van der Waals surface area contributed by atoms with Crippen LogP contribution in [0.4, 0.5) is 0 Å². The van der Waals surface area contributed by atoms with Crippen molar-refractivity contribution in [2.45, 2.75) is 46.1 Å². The molecule has 3 nitrogen and oxygen atoms in total. The lowest BCUT2D eigenvalue weighted by molar-refractivity contribution is -0.143. The van der Waals surface area contributed by atoms with E-state index in [-0.39, 0.29) is 12.0 Å². The van der Waals surface area contributed by atoms with E-state index in [0.29, 0.717) is 18.9 Å². The van der Waals surface area contributed by atoms with Gasteiger partial charge in [0.2, 0.25) is 0 Å². The molecular weight excluding hydrogens is 166 g/mol. The molecule has 0 saturated heterocycles. The van der Waals surface area contributed by atoms with Crippen LogP contribution in [-0.2, 0) is 9.53 Å². The Balaban J connectivity index is 3.82. The van der Waals surface area contributed by atoms with E-state index < -0.39 is 0 Å². The third kappa shape index (κ3) is 4.88. The van der Waals surface area contributed by atoms with Crippen molar-refractivity contribution in [2.75, 3.05) is 6.61 Å². The molecule has 0 aliphatic carbocycles. The van der Waals surface area contributed by atoms with Crippen molar-refractivity contribution in [3.63, 3.8) is 0 Å². The Morgan fingerprint density at radius 1 is 1.31 bits per heavy atom. The number of ether oxygens (including phenoxy) is 1. The summed E-state index contributed by atoms with van der Waals surface area (Å²) in [4.78, 5) is 11.1. The Kier molecular flexibility index (Phi) is 6.59. The largest absolute Gasteiger partial charge is 0.466 e. The predicted molar refractivity (Wildman–Crippen MR) is 53.3 cm³/mol. The minimum Gasteiger partial charge on any atom is -0.466 e. The smallest absolute Gasteiger partial charge is 0.307 e. The van der Waals surface area contributed by atoms with Crippen LogP contribution in [0.1, 0.15) is 40.0 Å². The molecule has 0 rings (SSSR count). The molecule has 3 heteroatoms. The molecule has 1 atom stereocenters. The molecule has 0 saturated carbocycles. The monoisotopic (exact) mass is 187 g/mol. The summed E-state index contributed by atoms with van der Waals surface area (Å²) in [5.74, 6) is 0.256. The summed E-state index contributed by atoms with van der Waals surface area (Å²) in [7, 11) is 0. The first-order chi connectivity index (χ1) is 6.15. The Morgan fingerprint density at radius 2 is 1.85 bits per heavy atom. The zero-order valence-electron chi connectivity index (χ0n) is 8.88. The third-order valence-corrected chi connectivity index (χ3v) is 2.36. The highest BCUT2D eigenvalue weighted by Gasteiger charge is 2.17. The number of rotatable bonds is 6. The van der Waals surface area contributed by atoms with Gasteiger partial charge in [-0.1, -0.05) is 26.7 Å². The van der Waals surface area contributed by atoms with Crippen molar-refractivity contribution in [3.05, 3.63) is 0 Å². The molecule has 0 spiro atoms. The molecule has 0 aromatic rings. The maximum absolute atomic E-state index is 11.1. The van der Waals surface area contributed by atoms with E-state index in [0.717, 1.165) is 12.8 Å². The topological polar surface area (TPSA) is 52.3 Å². The van der Waals surface area contributed by atoms with E-state index >= 15 is 0 Å². The normalized spacial score (nSPS) is 13.0. The molecule has 1 unspecified atom stereocenters. The zero-order valence-corrected chi connectivity index (χ0v) is 8.88. The van der Waals surface area contributed by atoms with Gasteiger partial charge in [-0.15, -0.1) is 0 Å². The van der Waals surface area contributed by atoms with E-state index in [1.807, 2.05) is 0 Å². The van der Waals surface area contributed by atoms with Crippen molar-refractivity contribution >= 4 is 5.97 Å². The van der Waals surface area contributed by atoms with E-state index in [1.165, 1.54) is 0 Å². The molecular formula is C10H21NO2. The Hall–Kier alpha value is -0.570. The maximum atomic E-state index is 11.1. The second-order valence-electron chi connectivity index (χ2n) is 3.25. The molecule has 0 aromatic heterocycles. The highest BCUT2D eigenvalue weighted by molar-refractivity contribution is 5.70. The van der Waals surface area contributed by atoms with Crippen LogP contribution < -0.4 is 5.73 Å². The average Bonchev–Trinajstić information content (AvgIpc) is 2.06. The lowest BCUT2D eigenvalue weighted by atomic mass is 9.93. The van der Waals surface area contributed by atoms with Gasteiger partial charge in [0.15, 0.2) is 0 Å². The first-order valence-corrected chi connectivity index (χ1v) is 5.06. The highest BCUT2D eigenvalue weighted by atomic mass is 16.5. The molecule has 0 radical (unpaired) electrons. The average molecular weight is 187 g/mol. The molecule has 0 aromatic carbocycles. The predicted octanol–water partition coefficient (Wildman–Crippen LogP) is 1.70. The third-order valence-electron chi connectivity index (χ3n) is 2.36. The van der Waals surface area contributed by atoms with Gasteiger partial charge >= 0.3 is 5.97 Å². The number of nitrogens with two attached hydrogens (primary N) is 1. The van der Waals surface area contributed by atoms with Crippen molar-refractivity contribution < 1.29 is 9.53 Å². The number of carbonyl (C=O) groups excluding carboxylic acids is 1. The Morgan fingerprint density at radius 3 is 2.23 bits per heavy atom. The summed E-state index contributed by atoms with van der Waals surface area (Å²) in [6, 6.07) is -0.0472. The van der Waals surface area contributed by atoms with Crippen molar-refractivity contribution in [3.8, 4) is 0 Å². The number of hydrogen-bond acceptors (Lipinski definition) is 3. The number of esters is 1. The first-order valence-electron chi connectivity index (χ1n) is 5.06. The Labute approximate surface area is 80.6 Å². The second-order valence-corrected chi connectivity index (χ2v) is 3.25. The van der Waals surface area contributed by atoms with E-state index in [2.05, 4.69) is 13.8 Å². The van der Waals surface area contributed by atoms with Gasteiger partial charge in [0.1, 0.15) is 0 Å². The van der Waals surface area contributed by atoms with Crippen LogP contribution in [0, 0.1) is 5.92 Å². The fourth-order valence-corrected chi connectivity index (χ4v) is 1.47. The van der Waals surface area contributed by atoms with E-state index in [9.17, 15) is 4.79 Å². The van der Waals surface area contributed by atoms with Crippen molar-refractivity contribution in [1.82, 2.24) is 0 Å². The van der Waals surface area contributed by atoms with E-state index in [4.69, 9.17) is 10.5 Å². The fourth-order valence-electron chi connectivity index (χ4n) is 1.47. The van der Waals surface area contributed by atoms with Crippen molar-refractivity contribution in [1.29, 1.82) is 0 Å². The molecule has 0 aliphatic heterocycles. The van der Waals surface area contributed by atoms with Gasteiger partial charge in [-0.05, 0) is 12.8 Å². The zero-order chi connectivity index (χ0) is 10.3. The van der Waals surface area contributed by atoms with Crippen LogP contribution in [0.25, 0.3) is 0 Å². The van der Waals surface area contributed by atoms with Crippen LogP contribution >= 0.6 is 0 Å². The SMILES string of the molecule is CCOC(=O)CC(N)C(CC)CC. The lowest BCUT2D eigenvalue weighted by Gasteiger charge is -2.19. The summed E-state index contributed by atoms with van der Waals surface area (Å²) in [6.07, 6.45) is 2.40. The van der Waals surface area contributed by atoms with Gasteiger partial charge in [0, 0.05) is 6.04 Å². The highest BCUT2D eigenvalue weighted by Crippen LogP contribution is 2.14. The van der Waals surface area contributed by atoms with Gasteiger partial charge in [0.05, 0.1) is 13.0 Å². The molecule has 78 valence electrons. The Bertz CT molecular complexity index is 144. The molecule has 0 fully saturated rings. The molecule has 0 amide bonds. The molecule has 0 bridgehead atoms. The quantitative estimate of drug-likeness (QED) is 0.644. The molecule has 13 heavy (non-hydrogen) atoms. The lowest BCUT2D eigenvalue weighted by Crippen LogP contribution is -2.32. The summed E-state index contributed by atoms with van der Waals surface area (Å²) in [6.45, 7) is 6.44. The van der Waals surface area contributed by atoms with Crippen LogP contribution in [0.3, 0.4) is 0 Å². The summed E-state index contributed by atoms with van der Waals surface area (Å²) < 4.78 is 4.83. The van der Waals surface area contributed by atoms with Gasteiger partial charge in [-0.3, -0.25) is 4.79 Å².